The second-order valence-electron chi connectivity index (χ2n) is 3.98. The van der Waals surface area contributed by atoms with E-state index in [2.05, 4.69) is 0 Å². The molecule has 96 valence electrons. The van der Waals surface area contributed by atoms with Gasteiger partial charge in [0.2, 0.25) is 0 Å². The predicted molar refractivity (Wildman–Crippen MR) is 63.6 cm³/mol. The molecule has 2 aromatic rings. The van der Waals surface area contributed by atoms with Gasteiger partial charge in [-0.05, 0) is 24.3 Å². The summed E-state index contributed by atoms with van der Waals surface area (Å²) in [5.74, 6) is -0.552. The summed E-state index contributed by atoms with van der Waals surface area (Å²) in [6, 6.07) is 6.43. The molecule has 1 aromatic carbocycles. The van der Waals surface area contributed by atoms with Gasteiger partial charge in [0.25, 0.3) is 12.3 Å². The minimum atomic E-state index is -2.57. The fourth-order valence-corrected chi connectivity index (χ4v) is 1.65. The number of hydrogen-bond acceptors (Lipinski definition) is 3. The SMILES string of the molecule is CN(CC(F)F)C(=O)c1cc2cc(N)ccc2o1. The molecule has 0 saturated carbocycles. The first-order valence-electron chi connectivity index (χ1n) is 5.30. The zero-order valence-corrected chi connectivity index (χ0v) is 9.69. The first kappa shape index (κ1) is 12.3. The Bertz CT molecular complexity index is 580. The molecule has 2 N–H and O–H groups in total. The Balaban J connectivity index is 2.28. The van der Waals surface area contributed by atoms with E-state index >= 15 is 0 Å². The highest BCUT2D eigenvalue weighted by Crippen LogP contribution is 2.22. The quantitative estimate of drug-likeness (QED) is 0.855. The Morgan fingerprint density at radius 3 is 2.83 bits per heavy atom. The molecule has 0 spiro atoms. The number of nitrogens with zero attached hydrogens (tertiary/aromatic N) is 1. The van der Waals surface area contributed by atoms with Crippen molar-refractivity contribution in [1.82, 2.24) is 4.90 Å². The monoisotopic (exact) mass is 254 g/mol. The molecule has 0 aliphatic carbocycles. The number of carbonyl (C=O) groups is 1. The van der Waals surface area contributed by atoms with Crippen LogP contribution in [0, 0.1) is 0 Å². The van der Waals surface area contributed by atoms with Crippen molar-refractivity contribution in [3.05, 3.63) is 30.0 Å². The number of halogens is 2. The maximum Gasteiger partial charge on any atom is 0.289 e. The zero-order chi connectivity index (χ0) is 13.3. The number of furan rings is 1. The van der Waals surface area contributed by atoms with Crippen LogP contribution in [-0.2, 0) is 0 Å². The molecule has 4 nitrogen and oxygen atoms in total. The van der Waals surface area contributed by atoms with Gasteiger partial charge < -0.3 is 15.1 Å². The van der Waals surface area contributed by atoms with Gasteiger partial charge in [-0.3, -0.25) is 4.79 Å². The van der Waals surface area contributed by atoms with Crippen LogP contribution in [0.1, 0.15) is 10.6 Å². The van der Waals surface area contributed by atoms with Gasteiger partial charge in [-0.15, -0.1) is 0 Å². The minimum absolute atomic E-state index is 0.0266. The number of fused-ring (bicyclic) bond motifs is 1. The van der Waals surface area contributed by atoms with Crippen molar-refractivity contribution in [2.45, 2.75) is 6.43 Å². The topological polar surface area (TPSA) is 59.5 Å². The number of alkyl halides is 2. The third kappa shape index (κ3) is 2.42. The molecular formula is C12H12F2N2O2. The van der Waals surface area contributed by atoms with Crippen molar-refractivity contribution >= 4 is 22.6 Å². The average molecular weight is 254 g/mol. The number of nitrogens with two attached hydrogens (primary N) is 1. The lowest BCUT2D eigenvalue weighted by Gasteiger charge is -2.14. The summed E-state index contributed by atoms with van der Waals surface area (Å²) >= 11 is 0. The van der Waals surface area contributed by atoms with Crippen LogP contribution in [0.3, 0.4) is 0 Å². The molecular weight excluding hydrogens is 242 g/mol. The Morgan fingerprint density at radius 1 is 1.44 bits per heavy atom. The maximum absolute atomic E-state index is 12.2. The lowest BCUT2D eigenvalue weighted by Crippen LogP contribution is -2.30. The largest absolute Gasteiger partial charge is 0.451 e. The van der Waals surface area contributed by atoms with E-state index in [-0.39, 0.29) is 5.76 Å². The van der Waals surface area contributed by atoms with E-state index in [9.17, 15) is 13.6 Å². The van der Waals surface area contributed by atoms with Gasteiger partial charge in [-0.2, -0.15) is 0 Å². The molecule has 0 saturated heterocycles. The maximum atomic E-state index is 12.2. The average Bonchev–Trinajstić information content (AvgIpc) is 2.69. The molecule has 0 unspecified atom stereocenters. The number of carbonyl (C=O) groups excluding carboxylic acids is 1. The minimum Gasteiger partial charge on any atom is -0.451 e. The molecule has 1 aromatic heterocycles. The van der Waals surface area contributed by atoms with Crippen molar-refractivity contribution < 1.29 is 18.0 Å². The van der Waals surface area contributed by atoms with Crippen LogP contribution >= 0.6 is 0 Å². The van der Waals surface area contributed by atoms with E-state index in [0.717, 1.165) is 4.90 Å². The molecule has 6 heteroatoms. The van der Waals surface area contributed by atoms with E-state index in [1.807, 2.05) is 0 Å². The van der Waals surface area contributed by atoms with Crippen LogP contribution in [0.5, 0.6) is 0 Å². The number of hydrogen-bond donors (Lipinski definition) is 1. The Kier molecular flexibility index (Phi) is 3.18. The fraction of sp³-hybridized carbons (Fsp3) is 0.250. The predicted octanol–water partition coefficient (Wildman–Crippen LogP) is 2.35. The van der Waals surface area contributed by atoms with Gasteiger partial charge in [-0.25, -0.2) is 8.78 Å². The van der Waals surface area contributed by atoms with Gasteiger partial charge >= 0.3 is 0 Å². The van der Waals surface area contributed by atoms with E-state index in [4.69, 9.17) is 10.2 Å². The van der Waals surface area contributed by atoms with Crippen LogP contribution in [0.2, 0.25) is 0 Å². The van der Waals surface area contributed by atoms with Gasteiger partial charge in [-0.1, -0.05) is 0 Å². The first-order valence-corrected chi connectivity index (χ1v) is 5.30. The molecule has 0 aliphatic heterocycles. The van der Waals surface area contributed by atoms with Crippen LogP contribution in [0.15, 0.2) is 28.7 Å². The molecule has 1 amide bonds. The van der Waals surface area contributed by atoms with Gasteiger partial charge in [0.15, 0.2) is 5.76 Å². The van der Waals surface area contributed by atoms with E-state index in [1.54, 1.807) is 18.2 Å². The number of nitrogen functional groups attached to an aromatic ring is 1. The first-order chi connectivity index (χ1) is 8.47. The van der Waals surface area contributed by atoms with Crippen LogP contribution < -0.4 is 5.73 Å². The summed E-state index contributed by atoms with van der Waals surface area (Å²) in [5, 5.41) is 0.670. The normalized spacial score (nSPS) is 11.1. The molecule has 0 radical (unpaired) electrons. The number of benzene rings is 1. The summed E-state index contributed by atoms with van der Waals surface area (Å²) in [4.78, 5) is 12.7. The summed E-state index contributed by atoms with van der Waals surface area (Å²) in [7, 11) is 1.30. The van der Waals surface area contributed by atoms with E-state index in [1.165, 1.54) is 13.1 Å². The lowest BCUT2D eigenvalue weighted by atomic mass is 10.2. The molecule has 2 rings (SSSR count). The van der Waals surface area contributed by atoms with Gasteiger partial charge in [0.05, 0.1) is 6.54 Å². The smallest absolute Gasteiger partial charge is 0.289 e. The van der Waals surface area contributed by atoms with E-state index < -0.39 is 18.9 Å². The fourth-order valence-electron chi connectivity index (χ4n) is 1.65. The third-order valence-corrected chi connectivity index (χ3v) is 2.51. The standard InChI is InChI=1S/C12H12F2N2O2/c1-16(6-11(13)14)12(17)10-5-7-4-8(15)2-3-9(7)18-10/h2-5,11H,6,15H2,1H3. The Hall–Kier alpha value is -2.11. The van der Waals surface area contributed by atoms with Crippen molar-refractivity contribution in [1.29, 1.82) is 0 Å². The van der Waals surface area contributed by atoms with Crippen molar-refractivity contribution in [2.24, 2.45) is 0 Å². The van der Waals surface area contributed by atoms with Crippen LogP contribution in [0.25, 0.3) is 11.0 Å². The number of amides is 1. The molecule has 0 atom stereocenters. The van der Waals surface area contributed by atoms with Gasteiger partial charge in [0.1, 0.15) is 5.58 Å². The van der Waals surface area contributed by atoms with E-state index in [0.29, 0.717) is 16.7 Å². The number of anilines is 1. The van der Waals surface area contributed by atoms with Crippen molar-refractivity contribution in [3.63, 3.8) is 0 Å². The zero-order valence-electron chi connectivity index (χ0n) is 9.69. The molecule has 0 aliphatic rings. The Morgan fingerprint density at radius 2 is 2.17 bits per heavy atom. The summed E-state index contributed by atoms with van der Waals surface area (Å²) in [6.45, 7) is -0.627. The number of rotatable bonds is 3. The summed E-state index contributed by atoms with van der Waals surface area (Å²) in [6.07, 6.45) is -2.57. The van der Waals surface area contributed by atoms with Gasteiger partial charge in [0, 0.05) is 18.1 Å². The molecule has 18 heavy (non-hydrogen) atoms. The van der Waals surface area contributed by atoms with Crippen molar-refractivity contribution in [3.8, 4) is 0 Å². The highest BCUT2D eigenvalue weighted by Gasteiger charge is 2.19. The molecule has 1 heterocycles. The molecule has 0 bridgehead atoms. The van der Waals surface area contributed by atoms with Crippen molar-refractivity contribution in [2.75, 3.05) is 19.3 Å². The lowest BCUT2D eigenvalue weighted by molar-refractivity contribution is 0.0595. The highest BCUT2D eigenvalue weighted by atomic mass is 19.3. The second-order valence-corrected chi connectivity index (χ2v) is 3.98. The Labute approximate surface area is 102 Å². The molecule has 0 fully saturated rings. The summed E-state index contributed by atoms with van der Waals surface area (Å²) < 4.78 is 29.7. The third-order valence-electron chi connectivity index (χ3n) is 2.51. The summed E-state index contributed by atoms with van der Waals surface area (Å²) in [5.41, 5.74) is 6.64. The van der Waals surface area contributed by atoms with Crippen LogP contribution in [0.4, 0.5) is 14.5 Å². The highest BCUT2D eigenvalue weighted by molar-refractivity contribution is 5.96. The van der Waals surface area contributed by atoms with Crippen LogP contribution in [-0.4, -0.2) is 30.8 Å². The second kappa shape index (κ2) is 4.64.